The molecule has 0 aliphatic rings. The van der Waals surface area contributed by atoms with Gasteiger partial charge in [0.2, 0.25) is 0 Å². The summed E-state index contributed by atoms with van der Waals surface area (Å²) in [6, 6.07) is 2.41. The average molecular weight is 301 g/mol. The van der Waals surface area contributed by atoms with E-state index < -0.39 is 0 Å². The molecule has 3 nitrogen and oxygen atoms in total. The van der Waals surface area contributed by atoms with E-state index in [0.717, 1.165) is 23.1 Å². The maximum absolute atomic E-state index is 9.21. The van der Waals surface area contributed by atoms with E-state index in [1.807, 2.05) is 12.3 Å². The van der Waals surface area contributed by atoms with Crippen LogP contribution in [0.1, 0.15) is 32.3 Å². The molecule has 1 aromatic heterocycles. The van der Waals surface area contributed by atoms with Gasteiger partial charge in [-0.2, -0.15) is 0 Å². The molecule has 0 radical (unpaired) electrons. The molecule has 0 atom stereocenters. The SMILES string of the molecule is CCC(CC)N(CCO)c1nccc(C)c1Br. The minimum absolute atomic E-state index is 0.151. The van der Waals surface area contributed by atoms with Crippen LogP contribution in [0.25, 0.3) is 0 Å². The van der Waals surface area contributed by atoms with Gasteiger partial charge in [0.05, 0.1) is 11.1 Å². The Hall–Kier alpha value is -0.610. The Morgan fingerprint density at radius 3 is 2.59 bits per heavy atom. The van der Waals surface area contributed by atoms with Crippen molar-refractivity contribution < 1.29 is 5.11 Å². The number of pyridine rings is 1. The lowest BCUT2D eigenvalue weighted by Gasteiger charge is -2.32. The molecular weight excluding hydrogens is 280 g/mol. The number of hydrogen-bond acceptors (Lipinski definition) is 3. The zero-order valence-corrected chi connectivity index (χ0v) is 12.4. The lowest BCUT2D eigenvalue weighted by atomic mass is 10.1. The van der Waals surface area contributed by atoms with E-state index in [2.05, 4.69) is 46.6 Å². The molecule has 0 fully saturated rings. The van der Waals surface area contributed by atoms with E-state index in [1.54, 1.807) is 0 Å². The molecule has 0 aliphatic carbocycles. The number of halogens is 1. The van der Waals surface area contributed by atoms with E-state index in [-0.39, 0.29) is 6.61 Å². The van der Waals surface area contributed by atoms with Crippen LogP contribution in [0.3, 0.4) is 0 Å². The van der Waals surface area contributed by atoms with Crippen LogP contribution in [0, 0.1) is 6.92 Å². The van der Waals surface area contributed by atoms with Crippen LogP contribution in [0.4, 0.5) is 5.82 Å². The summed E-state index contributed by atoms with van der Waals surface area (Å²) in [5, 5.41) is 9.21. The van der Waals surface area contributed by atoms with Crippen LogP contribution in [-0.4, -0.2) is 29.3 Å². The number of hydrogen-bond donors (Lipinski definition) is 1. The molecule has 0 aromatic carbocycles. The minimum atomic E-state index is 0.151. The molecule has 1 aromatic rings. The highest BCUT2D eigenvalue weighted by molar-refractivity contribution is 9.10. The van der Waals surface area contributed by atoms with Gasteiger partial charge < -0.3 is 10.0 Å². The molecule has 17 heavy (non-hydrogen) atoms. The Bertz CT molecular complexity index is 353. The second kappa shape index (κ2) is 6.97. The first-order valence-electron chi connectivity index (χ1n) is 6.14. The topological polar surface area (TPSA) is 36.4 Å². The summed E-state index contributed by atoms with van der Waals surface area (Å²) in [4.78, 5) is 6.63. The molecule has 0 saturated heterocycles. The summed E-state index contributed by atoms with van der Waals surface area (Å²) in [6.07, 6.45) is 3.93. The van der Waals surface area contributed by atoms with Gasteiger partial charge in [-0.05, 0) is 47.3 Å². The van der Waals surface area contributed by atoms with Gasteiger partial charge in [0.15, 0.2) is 0 Å². The van der Waals surface area contributed by atoms with Gasteiger partial charge in [-0.25, -0.2) is 4.98 Å². The first-order chi connectivity index (χ1) is 8.15. The number of aliphatic hydroxyl groups excluding tert-OH is 1. The molecule has 0 amide bonds. The van der Waals surface area contributed by atoms with Crippen LogP contribution in [-0.2, 0) is 0 Å². The molecular formula is C13H21BrN2O. The maximum Gasteiger partial charge on any atom is 0.143 e. The van der Waals surface area contributed by atoms with Crippen molar-refractivity contribution in [3.63, 3.8) is 0 Å². The molecule has 0 spiro atoms. The predicted octanol–water partition coefficient (Wildman–Crippen LogP) is 3.14. The lowest BCUT2D eigenvalue weighted by molar-refractivity contribution is 0.295. The molecule has 1 rings (SSSR count). The minimum Gasteiger partial charge on any atom is -0.395 e. The maximum atomic E-state index is 9.21. The van der Waals surface area contributed by atoms with Gasteiger partial charge in [0.25, 0.3) is 0 Å². The van der Waals surface area contributed by atoms with E-state index in [1.165, 1.54) is 5.56 Å². The zero-order chi connectivity index (χ0) is 12.8. The molecule has 1 heterocycles. The van der Waals surface area contributed by atoms with Crippen molar-refractivity contribution in [1.82, 2.24) is 4.98 Å². The number of nitrogens with zero attached hydrogens (tertiary/aromatic N) is 2. The highest BCUT2D eigenvalue weighted by Gasteiger charge is 2.19. The summed E-state index contributed by atoms with van der Waals surface area (Å²) in [6.45, 7) is 7.17. The molecule has 1 N–H and O–H groups in total. The van der Waals surface area contributed by atoms with Gasteiger partial charge in [-0.1, -0.05) is 13.8 Å². The van der Waals surface area contributed by atoms with E-state index >= 15 is 0 Å². The second-order valence-corrected chi connectivity index (χ2v) is 4.95. The molecule has 0 unspecified atom stereocenters. The van der Waals surface area contributed by atoms with Gasteiger partial charge in [0.1, 0.15) is 5.82 Å². The average Bonchev–Trinajstić information content (AvgIpc) is 2.33. The van der Waals surface area contributed by atoms with E-state index in [4.69, 9.17) is 0 Å². The summed E-state index contributed by atoms with van der Waals surface area (Å²) in [7, 11) is 0. The van der Waals surface area contributed by atoms with Crippen LogP contribution < -0.4 is 4.90 Å². The highest BCUT2D eigenvalue weighted by atomic mass is 79.9. The second-order valence-electron chi connectivity index (χ2n) is 4.15. The fourth-order valence-electron chi connectivity index (χ4n) is 2.02. The Kier molecular flexibility index (Phi) is 5.92. The quantitative estimate of drug-likeness (QED) is 0.877. The standard InChI is InChI=1S/C13H21BrN2O/c1-4-11(5-2)16(8-9-17)13-12(14)10(3)6-7-15-13/h6-7,11,17H,4-5,8-9H2,1-3H3. The van der Waals surface area contributed by atoms with Crippen molar-refractivity contribution in [1.29, 1.82) is 0 Å². The summed E-state index contributed by atoms with van der Waals surface area (Å²) < 4.78 is 1.03. The Morgan fingerprint density at radius 1 is 1.41 bits per heavy atom. The molecule has 96 valence electrons. The van der Waals surface area contributed by atoms with Gasteiger partial charge in [0, 0.05) is 18.8 Å². The smallest absolute Gasteiger partial charge is 0.143 e. The van der Waals surface area contributed by atoms with Crippen LogP contribution in [0.15, 0.2) is 16.7 Å². The third kappa shape index (κ3) is 3.42. The monoisotopic (exact) mass is 300 g/mol. The number of aryl methyl sites for hydroxylation is 1. The zero-order valence-electron chi connectivity index (χ0n) is 10.8. The van der Waals surface area contributed by atoms with Crippen molar-refractivity contribution in [3.8, 4) is 0 Å². The van der Waals surface area contributed by atoms with Crippen molar-refractivity contribution >= 4 is 21.7 Å². The van der Waals surface area contributed by atoms with E-state index in [9.17, 15) is 5.11 Å². The molecule has 0 bridgehead atoms. The Morgan fingerprint density at radius 2 is 2.06 bits per heavy atom. The van der Waals surface area contributed by atoms with Crippen molar-refractivity contribution in [2.75, 3.05) is 18.1 Å². The fourth-order valence-corrected chi connectivity index (χ4v) is 2.49. The summed E-state index contributed by atoms with van der Waals surface area (Å²) >= 11 is 3.59. The van der Waals surface area contributed by atoms with E-state index in [0.29, 0.717) is 12.6 Å². The Labute approximate surface area is 112 Å². The lowest BCUT2D eigenvalue weighted by Crippen LogP contribution is -2.37. The van der Waals surface area contributed by atoms with Gasteiger partial charge >= 0.3 is 0 Å². The number of aromatic nitrogens is 1. The predicted molar refractivity (Wildman–Crippen MR) is 75.5 cm³/mol. The van der Waals surface area contributed by atoms with Gasteiger partial charge in [-0.15, -0.1) is 0 Å². The largest absolute Gasteiger partial charge is 0.395 e. The number of rotatable bonds is 6. The van der Waals surface area contributed by atoms with Crippen LogP contribution >= 0.6 is 15.9 Å². The number of aliphatic hydroxyl groups is 1. The summed E-state index contributed by atoms with van der Waals surface area (Å²) in [5.74, 6) is 0.938. The third-order valence-corrected chi connectivity index (χ3v) is 4.04. The summed E-state index contributed by atoms with van der Waals surface area (Å²) in [5.41, 5.74) is 1.17. The molecule has 4 heteroatoms. The first-order valence-corrected chi connectivity index (χ1v) is 6.93. The van der Waals surface area contributed by atoms with Crippen LogP contribution in [0.2, 0.25) is 0 Å². The van der Waals surface area contributed by atoms with Crippen molar-refractivity contribution in [2.24, 2.45) is 0 Å². The molecule has 0 aliphatic heterocycles. The molecule has 0 saturated carbocycles. The Balaban J connectivity index is 3.08. The van der Waals surface area contributed by atoms with Crippen LogP contribution in [0.5, 0.6) is 0 Å². The normalized spacial score (nSPS) is 10.9. The first kappa shape index (κ1) is 14.5. The highest BCUT2D eigenvalue weighted by Crippen LogP contribution is 2.29. The fraction of sp³-hybridized carbons (Fsp3) is 0.615. The van der Waals surface area contributed by atoms with Crippen molar-refractivity contribution in [2.45, 2.75) is 39.7 Å². The third-order valence-electron chi connectivity index (χ3n) is 3.06. The number of anilines is 1. The van der Waals surface area contributed by atoms with Gasteiger partial charge in [-0.3, -0.25) is 0 Å². The van der Waals surface area contributed by atoms with Crippen molar-refractivity contribution in [3.05, 3.63) is 22.3 Å².